The molecule has 0 fully saturated rings. The van der Waals surface area contributed by atoms with Gasteiger partial charge in [-0.15, -0.1) is 0 Å². The number of benzene rings is 2. The van der Waals surface area contributed by atoms with Crippen LogP contribution in [-0.4, -0.2) is 35.6 Å². The Balaban J connectivity index is 1.61. The van der Waals surface area contributed by atoms with Gasteiger partial charge in [-0.25, -0.2) is 14.2 Å². The number of aromatic nitrogens is 2. The zero-order chi connectivity index (χ0) is 22.0. The molecule has 4 aromatic rings. The van der Waals surface area contributed by atoms with Crippen LogP contribution < -0.4 is 4.74 Å². The summed E-state index contributed by atoms with van der Waals surface area (Å²) in [4.78, 5) is 29.6. The maximum Gasteiger partial charge on any atom is 0.339 e. The third-order valence-electron chi connectivity index (χ3n) is 4.72. The molecule has 0 amide bonds. The van der Waals surface area contributed by atoms with E-state index in [2.05, 4.69) is 10.1 Å². The van der Waals surface area contributed by atoms with Gasteiger partial charge in [0, 0.05) is 11.1 Å². The minimum atomic E-state index is -0.719. The first-order chi connectivity index (χ1) is 15.0. The summed E-state index contributed by atoms with van der Waals surface area (Å²) in [5.74, 6) is -0.855. The molecule has 2 aromatic carbocycles. The number of carbonyl (C=O) groups excluding carboxylic acids is 2. The molecule has 31 heavy (non-hydrogen) atoms. The van der Waals surface area contributed by atoms with E-state index in [1.165, 1.54) is 37.4 Å². The largest absolute Gasteiger partial charge is 0.497 e. The molecule has 0 radical (unpaired) electrons. The van der Waals surface area contributed by atoms with E-state index < -0.39 is 18.4 Å². The van der Waals surface area contributed by atoms with E-state index >= 15 is 0 Å². The molecular weight excluding hydrogens is 403 g/mol. The van der Waals surface area contributed by atoms with E-state index in [0.717, 1.165) is 0 Å². The van der Waals surface area contributed by atoms with Gasteiger partial charge in [-0.05, 0) is 61.5 Å². The predicted molar refractivity (Wildman–Crippen MR) is 110 cm³/mol. The SMILES string of the molecule is COc1ccc(C(=O)COC(=O)c2cc(-c3ccc(F)cc3)nc3onc(C)c23)cc1. The van der Waals surface area contributed by atoms with Gasteiger partial charge >= 0.3 is 5.97 Å². The van der Waals surface area contributed by atoms with Crippen molar-refractivity contribution in [2.45, 2.75) is 6.92 Å². The number of ketones is 1. The average molecular weight is 420 g/mol. The van der Waals surface area contributed by atoms with Crippen molar-refractivity contribution in [1.29, 1.82) is 0 Å². The quantitative estimate of drug-likeness (QED) is 0.337. The van der Waals surface area contributed by atoms with Gasteiger partial charge in [-0.3, -0.25) is 4.79 Å². The first-order valence-electron chi connectivity index (χ1n) is 9.33. The van der Waals surface area contributed by atoms with Crippen LogP contribution >= 0.6 is 0 Å². The highest BCUT2D eigenvalue weighted by atomic mass is 19.1. The van der Waals surface area contributed by atoms with Crippen LogP contribution in [0.15, 0.2) is 59.1 Å². The molecular formula is C23H17FN2O5. The molecule has 0 unspecified atom stereocenters. The summed E-state index contributed by atoms with van der Waals surface area (Å²) < 4.78 is 28.8. The average Bonchev–Trinajstić information content (AvgIpc) is 3.18. The van der Waals surface area contributed by atoms with Crippen LogP contribution in [0.5, 0.6) is 5.75 Å². The Morgan fingerprint density at radius 2 is 1.77 bits per heavy atom. The van der Waals surface area contributed by atoms with Crippen LogP contribution in [0.1, 0.15) is 26.4 Å². The first-order valence-corrected chi connectivity index (χ1v) is 9.33. The molecule has 0 saturated heterocycles. The molecule has 7 nitrogen and oxygen atoms in total. The predicted octanol–water partition coefficient (Wildman–Crippen LogP) is 4.39. The summed E-state index contributed by atoms with van der Waals surface area (Å²) in [6.45, 7) is 1.23. The Kier molecular flexibility index (Phi) is 5.44. The smallest absolute Gasteiger partial charge is 0.339 e. The third-order valence-corrected chi connectivity index (χ3v) is 4.72. The molecule has 0 saturated carbocycles. The fourth-order valence-electron chi connectivity index (χ4n) is 3.09. The summed E-state index contributed by atoms with van der Waals surface area (Å²) in [5.41, 5.74) is 2.12. The van der Waals surface area contributed by atoms with Crippen molar-refractivity contribution in [3.05, 3.63) is 77.2 Å². The number of hydrogen-bond donors (Lipinski definition) is 0. The molecule has 0 N–H and O–H groups in total. The van der Waals surface area contributed by atoms with Gasteiger partial charge in [0.25, 0.3) is 5.71 Å². The van der Waals surface area contributed by atoms with Crippen molar-refractivity contribution >= 4 is 22.9 Å². The van der Waals surface area contributed by atoms with Crippen LogP contribution in [0.2, 0.25) is 0 Å². The standard InChI is InChI=1S/C23H17FN2O5/c1-13-21-18(23(28)30-12-20(27)15-5-9-17(29-2)10-6-15)11-19(25-22(21)31-26-13)14-3-7-16(24)8-4-14/h3-11H,12H2,1-2H3. The monoisotopic (exact) mass is 420 g/mol. The number of aryl methyl sites for hydroxylation is 1. The molecule has 0 aliphatic rings. The highest BCUT2D eigenvalue weighted by Gasteiger charge is 2.21. The number of pyridine rings is 1. The second kappa shape index (κ2) is 8.35. The van der Waals surface area contributed by atoms with Crippen molar-refractivity contribution in [1.82, 2.24) is 10.1 Å². The Hall–Kier alpha value is -4.07. The number of esters is 1. The highest BCUT2D eigenvalue weighted by molar-refractivity contribution is 6.06. The van der Waals surface area contributed by atoms with Gasteiger partial charge in [-0.1, -0.05) is 5.16 Å². The Bertz CT molecular complexity index is 1260. The number of halogens is 1. The minimum Gasteiger partial charge on any atom is -0.497 e. The van der Waals surface area contributed by atoms with Crippen molar-refractivity contribution in [2.24, 2.45) is 0 Å². The van der Waals surface area contributed by atoms with Crippen molar-refractivity contribution < 1.29 is 28.0 Å². The highest BCUT2D eigenvalue weighted by Crippen LogP contribution is 2.27. The van der Waals surface area contributed by atoms with Crippen LogP contribution in [-0.2, 0) is 4.74 Å². The fourth-order valence-corrected chi connectivity index (χ4v) is 3.09. The lowest BCUT2D eigenvalue weighted by molar-refractivity contribution is 0.0476. The first kappa shape index (κ1) is 20.2. The summed E-state index contributed by atoms with van der Waals surface area (Å²) in [7, 11) is 1.53. The molecule has 0 atom stereocenters. The zero-order valence-corrected chi connectivity index (χ0v) is 16.7. The van der Waals surface area contributed by atoms with Crippen molar-refractivity contribution in [3.8, 4) is 17.0 Å². The van der Waals surface area contributed by atoms with Gasteiger partial charge in [0.1, 0.15) is 11.6 Å². The summed E-state index contributed by atoms with van der Waals surface area (Å²) in [6, 6.07) is 13.7. The maximum atomic E-state index is 13.3. The molecule has 0 bridgehead atoms. The summed E-state index contributed by atoms with van der Waals surface area (Å²) >= 11 is 0. The lowest BCUT2D eigenvalue weighted by Gasteiger charge is -2.08. The lowest BCUT2D eigenvalue weighted by atomic mass is 10.1. The van der Waals surface area contributed by atoms with Gasteiger partial charge in [-0.2, -0.15) is 0 Å². The third kappa shape index (κ3) is 4.13. The van der Waals surface area contributed by atoms with Gasteiger partial charge < -0.3 is 14.0 Å². The second-order valence-electron chi connectivity index (χ2n) is 6.74. The van der Waals surface area contributed by atoms with Crippen LogP contribution in [0, 0.1) is 12.7 Å². The maximum absolute atomic E-state index is 13.3. The summed E-state index contributed by atoms with van der Waals surface area (Å²) in [6.07, 6.45) is 0. The fraction of sp³-hybridized carbons (Fsp3) is 0.130. The Morgan fingerprint density at radius 3 is 2.45 bits per heavy atom. The molecule has 4 rings (SSSR count). The number of methoxy groups -OCH3 is 1. The lowest BCUT2D eigenvalue weighted by Crippen LogP contribution is -2.15. The number of nitrogens with zero attached hydrogens (tertiary/aromatic N) is 2. The molecule has 2 aromatic heterocycles. The second-order valence-corrected chi connectivity index (χ2v) is 6.74. The van der Waals surface area contributed by atoms with E-state index in [0.29, 0.717) is 33.7 Å². The van der Waals surface area contributed by atoms with E-state index in [4.69, 9.17) is 14.0 Å². The Labute approximate surface area is 176 Å². The topological polar surface area (TPSA) is 91.5 Å². The van der Waals surface area contributed by atoms with E-state index in [1.807, 2.05) is 0 Å². The van der Waals surface area contributed by atoms with Crippen LogP contribution in [0.25, 0.3) is 22.4 Å². The van der Waals surface area contributed by atoms with Crippen molar-refractivity contribution in [2.75, 3.05) is 13.7 Å². The van der Waals surface area contributed by atoms with Gasteiger partial charge in [0.05, 0.1) is 29.4 Å². The van der Waals surface area contributed by atoms with Crippen LogP contribution in [0.3, 0.4) is 0 Å². The molecule has 0 spiro atoms. The van der Waals surface area contributed by atoms with E-state index in [1.54, 1.807) is 31.2 Å². The van der Waals surface area contributed by atoms with E-state index in [9.17, 15) is 14.0 Å². The number of ether oxygens (including phenoxy) is 2. The van der Waals surface area contributed by atoms with Crippen molar-refractivity contribution in [3.63, 3.8) is 0 Å². The molecule has 2 heterocycles. The normalized spacial score (nSPS) is 10.8. The number of carbonyl (C=O) groups is 2. The zero-order valence-electron chi connectivity index (χ0n) is 16.7. The Morgan fingerprint density at radius 1 is 1.06 bits per heavy atom. The number of Topliss-reactive ketones (excluding diaryl/α,β-unsaturated/α-hetero) is 1. The number of hydrogen-bond acceptors (Lipinski definition) is 7. The van der Waals surface area contributed by atoms with E-state index in [-0.39, 0.29) is 17.1 Å². The number of fused-ring (bicyclic) bond motifs is 1. The molecule has 0 aliphatic heterocycles. The molecule has 0 aliphatic carbocycles. The number of rotatable bonds is 6. The molecule has 8 heteroatoms. The summed E-state index contributed by atoms with van der Waals surface area (Å²) in [5, 5.41) is 4.26. The van der Waals surface area contributed by atoms with Gasteiger partial charge in [0.2, 0.25) is 0 Å². The minimum absolute atomic E-state index is 0.146. The van der Waals surface area contributed by atoms with Crippen LogP contribution in [0.4, 0.5) is 4.39 Å². The molecule has 156 valence electrons. The van der Waals surface area contributed by atoms with Gasteiger partial charge in [0.15, 0.2) is 12.4 Å².